The summed E-state index contributed by atoms with van der Waals surface area (Å²) in [6.45, 7) is 5.14. The van der Waals surface area contributed by atoms with Gasteiger partial charge in [-0.1, -0.05) is 6.08 Å². The SMILES string of the molecule is C=CCN1Cc2nc3c(cnn3CCCl)c(N)c2C1=O. The van der Waals surface area contributed by atoms with Crippen LogP contribution in [0.5, 0.6) is 0 Å². The molecule has 0 atom stereocenters. The fourth-order valence-corrected chi connectivity index (χ4v) is 2.63. The third kappa shape index (κ3) is 1.76. The van der Waals surface area contributed by atoms with Crippen LogP contribution in [0.15, 0.2) is 18.9 Å². The zero-order valence-corrected chi connectivity index (χ0v) is 11.6. The van der Waals surface area contributed by atoms with Crippen LogP contribution in [0, 0.1) is 0 Å². The van der Waals surface area contributed by atoms with Gasteiger partial charge in [0.1, 0.15) is 0 Å². The number of carbonyl (C=O) groups excluding carboxylic acids is 1. The lowest BCUT2D eigenvalue weighted by molar-refractivity contribution is 0.0797. The van der Waals surface area contributed by atoms with Gasteiger partial charge in [0.2, 0.25) is 0 Å². The Balaban J connectivity index is 2.15. The van der Waals surface area contributed by atoms with Gasteiger partial charge in [-0.3, -0.25) is 4.79 Å². The predicted molar refractivity (Wildman–Crippen MR) is 77.6 cm³/mol. The largest absolute Gasteiger partial charge is 0.397 e. The number of aryl methyl sites for hydroxylation is 1. The summed E-state index contributed by atoms with van der Waals surface area (Å²) in [5, 5.41) is 4.91. The summed E-state index contributed by atoms with van der Waals surface area (Å²) in [6.07, 6.45) is 3.32. The van der Waals surface area contributed by atoms with Crippen molar-refractivity contribution in [3.05, 3.63) is 30.1 Å². The fraction of sp³-hybridized carbons (Fsp3) is 0.308. The molecular weight excluding hydrogens is 278 g/mol. The van der Waals surface area contributed by atoms with E-state index in [0.29, 0.717) is 53.5 Å². The highest BCUT2D eigenvalue weighted by Gasteiger charge is 2.32. The Hall–Kier alpha value is -2.08. The van der Waals surface area contributed by atoms with Gasteiger partial charge in [0, 0.05) is 12.4 Å². The van der Waals surface area contributed by atoms with Crippen molar-refractivity contribution in [2.45, 2.75) is 13.1 Å². The van der Waals surface area contributed by atoms with Crippen molar-refractivity contribution < 1.29 is 4.79 Å². The number of hydrogen-bond donors (Lipinski definition) is 1. The molecule has 0 spiro atoms. The van der Waals surface area contributed by atoms with Crippen LogP contribution in [-0.2, 0) is 13.1 Å². The molecule has 1 amide bonds. The van der Waals surface area contributed by atoms with Crippen LogP contribution in [0.25, 0.3) is 11.0 Å². The molecular formula is C13H14ClN5O. The van der Waals surface area contributed by atoms with Crippen molar-refractivity contribution in [1.82, 2.24) is 19.7 Å². The molecule has 0 saturated carbocycles. The second-order valence-electron chi connectivity index (χ2n) is 4.62. The summed E-state index contributed by atoms with van der Waals surface area (Å²) in [5.41, 5.74) is 8.43. The summed E-state index contributed by atoms with van der Waals surface area (Å²) in [7, 11) is 0. The summed E-state index contributed by atoms with van der Waals surface area (Å²) in [5.74, 6) is 0.341. The first kappa shape index (κ1) is 12.9. The summed E-state index contributed by atoms with van der Waals surface area (Å²) < 4.78 is 1.71. The number of nitrogens with zero attached hydrogens (tertiary/aromatic N) is 4. The topological polar surface area (TPSA) is 77.0 Å². The number of alkyl halides is 1. The molecule has 0 unspecified atom stereocenters. The number of amides is 1. The quantitative estimate of drug-likeness (QED) is 0.682. The number of fused-ring (bicyclic) bond motifs is 2. The number of hydrogen-bond acceptors (Lipinski definition) is 4. The molecule has 0 radical (unpaired) electrons. The van der Waals surface area contributed by atoms with Gasteiger partial charge in [0.15, 0.2) is 5.65 Å². The molecule has 2 N–H and O–H groups in total. The van der Waals surface area contributed by atoms with Crippen molar-refractivity contribution in [1.29, 1.82) is 0 Å². The lowest BCUT2D eigenvalue weighted by atomic mass is 10.1. The van der Waals surface area contributed by atoms with E-state index in [9.17, 15) is 4.79 Å². The van der Waals surface area contributed by atoms with Crippen molar-refractivity contribution in [3.8, 4) is 0 Å². The summed E-state index contributed by atoms with van der Waals surface area (Å²) in [6, 6.07) is 0. The molecule has 0 fully saturated rings. The molecule has 0 aliphatic carbocycles. The van der Waals surface area contributed by atoms with E-state index < -0.39 is 0 Å². The maximum atomic E-state index is 12.3. The van der Waals surface area contributed by atoms with Crippen LogP contribution in [0.4, 0.5) is 5.69 Å². The maximum Gasteiger partial charge on any atom is 0.258 e. The lowest BCUT2D eigenvalue weighted by Gasteiger charge is -2.11. The molecule has 1 aliphatic heterocycles. The van der Waals surface area contributed by atoms with E-state index in [0.717, 1.165) is 0 Å². The fourth-order valence-electron chi connectivity index (χ4n) is 2.47. The number of aromatic nitrogens is 3. The Labute approximate surface area is 120 Å². The Morgan fingerprint density at radius 1 is 1.55 bits per heavy atom. The van der Waals surface area contributed by atoms with Gasteiger partial charge < -0.3 is 10.6 Å². The van der Waals surface area contributed by atoms with E-state index in [1.54, 1.807) is 21.9 Å². The number of pyridine rings is 1. The van der Waals surface area contributed by atoms with Gasteiger partial charge >= 0.3 is 0 Å². The van der Waals surface area contributed by atoms with E-state index in [2.05, 4.69) is 16.7 Å². The highest BCUT2D eigenvalue weighted by Crippen LogP contribution is 2.31. The smallest absolute Gasteiger partial charge is 0.258 e. The van der Waals surface area contributed by atoms with Gasteiger partial charge in [-0.25, -0.2) is 9.67 Å². The van der Waals surface area contributed by atoms with Crippen LogP contribution in [0.1, 0.15) is 16.1 Å². The molecule has 6 nitrogen and oxygen atoms in total. The number of rotatable bonds is 4. The zero-order chi connectivity index (χ0) is 14.3. The molecule has 20 heavy (non-hydrogen) atoms. The minimum absolute atomic E-state index is 0.100. The Morgan fingerprint density at radius 3 is 3.05 bits per heavy atom. The normalized spacial score (nSPS) is 14.1. The number of anilines is 1. The van der Waals surface area contributed by atoms with Crippen molar-refractivity contribution >= 4 is 34.2 Å². The first-order chi connectivity index (χ1) is 9.67. The molecule has 104 valence electrons. The number of nitrogens with two attached hydrogens (primary N) is 1. The van der Waals surface area contributed by atoms with Gasteiger partial charge in [0.05, 0.1) is 41.6 Å². The van der Waals surface area contributed by atoms with E-state index in [1.807, 2.05) is 0 Å². The third-order valence-corrected chi connectivity index (χ3v) is 3.56. The molecule has 7 heteroatoms. The van der Waals surface area contributed by atoms with Crippen LogP contribution < -0.4 is 5.73 Å². The van der Waals surface area contributed by atoms with Crippen LogP contribution >= 0.6 is 11.6 Å². The first-order valence-corrected chi connectivity index (χ1v) is 6.80. The third-order valence-electron chi connectivity index (χ3n) is 3.39. The van der Waals surface area contributed by atoms with Gasteiger partial charge in [-0.05, 0) is 0 Å². The van der Waals surface area contributed by atoms with Crippen molar-refractivity contribution in [2.24, 2.45) is 0 Å². The number of halogens is 1. The molecule has 0 bridgehead atoms. The average molecular weight is 292 g/mol. The van der Waals surface area contributed by atoms with E-state index in [4.69, 9.17) is 17.3 Å². The van der Waals surface area contributed by atoms with Crippen molar-refractivity contribution in [3.63, 3.8) is 0 Å². The zero-order valence-electron chi connectivity index (χ0n) is 10.8. The standard InChI is InChI=1S/C13H14ClN5O/c1-2-4-18-7-9-10(13(18)20)11(15)8-6-16-19(5-3-14)12(8)17-9/h2,6H,1,3-5,7H2,(H2,15,17). The molecule has 3 rings (SSSR count). The molecule has 2 aromatic rings. The highest BCUT2D eigenvalue weighted by atomic mass is 35.5. The Bertz CT molecular complexity index is 708. The monoisotopic (exact) mass is 291 g/mol. The Morgan fingerprint density at radius 2 is 2.35 bits per heavy atom. The van der Waals surface area contributed by atoms with E-state index >= 15 is 0 Å². The van der Waals surface area contributed by atoms with Crippen LogP contribution in [0.2, 0.25) is 0 Å². The van der Waals surface area contributed by atoms with E-state index in [-0.39, 0.29) is 5.91 Å². The number of nitrogen functional groups attached to an aromatic ring is 1. The van der Waals surface area contributed by atoms with E-state index in [1.165, 1.54) is 0 Å². The molecule has 2 aromatic heterocycles. The van der Waals surface area contributed by atoms with Crippen LogP contribution in [0.3, 0.4) is 0 Å². The van der Waals surface area contributed by atoms with Gasteiger partial charge in [-0.2, -0.15) is 5.10 Å². The highest BCUT2D eigenvalue weighted by molar-refractivity contribution is 6.17. The Kier molecular flexibility index (Phi) is 3.10. The number of carbonyl (C=O) groups is 1. The molecule has 0 aromatic carbocycles. The summed E-state index contributed by atoms with van der Waals surface area (Å²) >= 11 is 5.74. The second-order valence-corrected chi connectivity index (χ2v) is 4.99. The molecule has 0 saturated heterocycles. The second kappa shape index (κ2) is 4.79. The first-order valence-electron chi connectivity index (χ1n) is 6.27. The van der Waals surface area contributed by atoms with Gasteiger partial charge in [0.25, 0.3) is 5.91 Å². The minimum atomic E-state index is -0.100. The average Bonchev–Trinajstić information content (AvgIpc) is 2.95. The van der Waals surface area contributed by atoms with Gasteiger partial charge in [-0.15, -0.1) is 18.2 Å². The van der Waals surface area contributed by atoms with Crippen molar-refractivity contribution in [2.75, 3.05) is 18.2 Å². The lowest BCUT2D eigenvalue weighted by Crippen LogP contribution is -2.24. The maximum absolute atomic E-state index is 12.3. The molecule has 3 heterocycles. The predicted octanol–water partition coefficient (Wildman–Crippen LogP) is 1.39. The summed E-state index contributed by atoms with van der Waals surface area (Å²) in [4.78, 5) is 18.5. The minimum Gasteiger partial charge on any atom is -0.397 e. The molecule has 1 aliphatic rings. The van der Waals surface area contributed by atoms with Crippen LogP contribution in [-0.4, -0.2) is 38.0 Å².